The number of nitrogens with one attached hydrogen (secondary N) is 2. The Morgan fingerprint density at radius 1 is 1.13 bits per heavy atom. The van der Waals surface area contributed by atoms with Crippen LogP contribution in [0.25, 0.3) is 10.9 Å². The molecular formula is C19H20N2O2. The molecular weight excluding hydrogens is 288 g/mol. The number of rotatable bonds is 5. The van der Waals surface area contributed by atoms with Crippen LogP contribution in [0.1, 0.15) is 35.4 Å². The Labute approximate surface area is 135 Å². The van der Waals surface area contributed by atoms with E-state index in [1.54, 1.807) is 0 Å². The maximum atomic E-state index is 12.5. The molecule has 0 saturated heterocycles. The van der Waals surface area contributed by atoms with Gasteiger partial charge < -0.3 is 15.4 Å². The topological polar surface area (TPSA) is 65.1 Å². The molecule has 118 valence electrons. The fourth-order valence-electron chi connectivity index (χ4n) is 2.79. The van der Waals surface area contributed by atoms with E-state index in [4.69, 9.17) is 0 Å². The van der Waals surface area contributed by atoms with E-state index >= 15 is 0 Å². The van der Waals surface area contributed by atoms with Crippen LogP contribution in [0.3, 0.4) is 0 Å². The number of benzene rings is 2. The molecule has 2 aromatic carbocycles. The summed E-state index contributed by atoms with van der Waals surface area (Å²) in [5.74, 6) is -0.122. The van der Waals surface area contributed by atoms with Crippen molar-refractivity contribution in [1.82, 2.24) is 10.3 Å². The van der Waals surface area contributed by atoms with E-state index in [-0.39, 0.29) is 11.9 Å². The fraction of sp³-hybridized carbons (Fsp3) is 0.211. The standard InChI is InChI=1S/C19H20N2O2/c1-13(12-18(22)14-6-3-2-4-7-14)21-19(23)16-8-5-9-17-15(16)10-11-20-17/h2-11,13,18,20,22H,12H2,1H3,(H,21,23)/t13-,18-/m1/s1. The number of H-pyrrole nitrogens is 1. The third kappa shape index (κ3) is 3.43. The highest BCUT2D eigenvalue weighted by Gasteiger charge is 2.16. The summed E-state index contributed by atoms with van der Waals surface area (Å²) in [5.41, 5.74) is 2.45. The van der Waals surface area contributed by atoms with E-state index < -0.39 is 6.10 Å². The number of carbonyl (C=O) groups excluding carboxylic acids is 1. The molecule has 0 radical (unpaired) electrons. The van der Waals surface area contributed by atoms with Crippen molar-refractivity contribution in [3.8, 4) is 0 Å². The van der Waals surface area contributed by atoms with Crippen molar-refractivity contribution < 1.29 is 9.90 Å². The molecule has 2 atom stereocenters. The van der Waals surface area contributed by atoms with Crippen LogP contribution in [0.2, 0.25) is 0 Å². The van der Waals surface area contributed by atoms with Crippen LogP contribution in [-0.2, 0) is 0 Å². The van der Waals surface area contributed by atoms with E-state index in [2.05, 4.69) is 10.3 Å². The molecule has 4 heteroatoms. The van der Waals surface area contributed by atoms with Crippen molar-refractivity contribution in [2.24, 2.45) is 0 Å². The fourth-order valence-corrected chi connectivity index (χ4v) is 2.79. The average molecular weight is 308 g/mol. The number of aromatic amines is 1. The molecule has 1 amide bonds. The summed E-state index contributed by atoms with van der Waals surface area (Å²) in [6, 6.07) is 16.9. The minimum absolute atomic E-state index is 0.122. The SMILES string of the molecule is C[C@H](C[C@@H](O)c1ccccc1)NC(=O)c1cccc2[nH]ccc12. The second-order valence-electron chi connectivity index (χ2n) is 5.78. The lowest BCUT2D eigenvalue weighted by molar-refractivity contribution is 0.0918. The zero-order valence-corrected chi connectivity index (χ0v) is 13.0. The summed E-state index contributed by atoms with van der Waals surface area (Å²) in [5, 5.41) is 14.1. The van der Waals surface area contributed by atoms with Crippen molar-refractivity contribution in [2.45, 2.75) is 25.5 Å². The molecule has 0 aliphatic heterocycles. The lowest BCUT2D eigenvalue weighted by Gasteiger charge is -2.18. The third-order valence-electron chi connectivity index (χ3n) is 3.98. The van der Waals surface area contributed by atoms with Crippen LogP contribution in [-0.4, -0.2) is 22.0 Å². The molecule has 0 aliphatic rings. The van der Waals surface area contributed by atoms with Crippen LogP contribution >= 0.6 is 0 Å². The summed E-state index contributed by atoms with van der Waals surface area (Å²) in [4.78, 5) is 15.6. The maximum Gasteiger partial charge on any atom is 0.252 e. The summed E-state index contributed by atoms with van der Waals surface area (Å²) < 4.78 is 0. The quantitative estimate of drug-likeness (QED) is 0.676. The maximum absolute atomic E-state index is 12.5. The summed E-state index contributed by atoms with van der Waals surface area (Å²) in [6.45, 7) is 1.90. The van der Waals surface area contributed by atoms with E-state index in [0.717, 1.165) is 16.5 Å². The summed E-state index contributed by atoms with van der Waals surface area (Å²) in [7, 11) is 0. The molecule has 3 aromatic rings. The molecule has 3 rings (SSSR count). The van der Waals surface area contributed by atoms with Crippen molar-refractivity contribution in [2.75, 3.05) is 0 Å². The Bertz CT molecular complexity index is 795. The molecule has 23 heavy (non-hydrogen) atoms. The monoisotopic (exact) mass is 308 g/mol. The molecule has 0 aliphatic carbocycles. The number of amides is 1. The number of carbonyl (C=O) groups is 1. The molecule has 0 saturated carbocycles. The second kappa shape index (κ2) is 6.67. The Kier molecular flexibility index (Phi) is 4.44. The highest BCUT2D eigenvalue weighted by atomic mass is 16.3. The van der Waals surface area contributed by atoms with Crippen molar-refractivity contribution >= 4 is 16.8 Å². The molecule has 1 aromatic heterocycles. The lowest BCUT2D eigenvalue weighted by Crippen LogP contribution is -2.33. The second-order valence-corrected chi connectivity index (χ2v) is 5.78. The number of hydrogen-bond acceptors (Lipinski definition) is 2. The minimum Gasteiger partial charge on any atom is -0.388 e. The molecule has 0 spiro atoms. The van der Waals surface area contributed by atoms with Crippen LogP contribution < -0.4 is 5.32 Å². The van der Waals surface area contributed by atoms with Crippen molar-refractivity contribution in [3.05, 3.63) is 71.9 Å². The van der Waals surface area contributed by atoms with E-state index in [1.807, 2.05) is 67.7 Å². The van der Waals surface area contributed by atoms with E-state index in [1.165, 1.54) is 0 Å². The van der Waals surface area contributed by atoms with Gasteiger partial charge in [-0.2, -0.15) is 0 Å². The van der Waals surface area contributed by atoms with Gasteiger partial charge >= 0.3 is 0 Å². The van der Waals surface area contributed by atoms with Gasteiger partial charge in [-0.1, -0.05) is 36.4 Å². The van der Waals surface area contributed by atoms with Crippen LogP contribution in [0.4, 0.5) is 0 Å². The van der Waals surface area contributed by atoms with Gasteiger partial charge in [-0.25, -0.2) is 0 Å². The Hall–Kier alpha value is -2.59. The predicted octanol–water partition coefficient (Wildman–Crippen LogP) is 3.41. The highest BCUT2D eigenvalue weighted by molar-refractivity contribution is 6.06. The zero-order valence-electron chi connectivity index (χ0n) is 13.0. The van der Waals surface area contributed by atoms with Gasteiger partial charge in [0.2, 0.25) is 0 Å². The molecule has 4 nitrogen and oxygen atoms in total. The van der Waals surface area contributed by atoms with Gasteiger partial charge in [-0.3, -0.25) is 4.79 Å². The van der Waals surface area contributed by atoms with Gasteiger partial charge in [-0.05, 0) is 37.1 Å². The zero-order chi connectivity index (χ0) is 16.2. The summed E-state index contributed by atoms with van der Waals surface area (Å²) in [6.07, 6.45) is 1.71. The molecule has 0 unspecified atom stereocenters. The van der Waals surface area contributed by atoms with Crippen molar-refractivity contribution in [1.29, 1.82) is 0 Å². The highest BCUT2D eigenvalue weighted by Crippen LogP contribution is 2.20. The normalized spacial score (nSPS) is 13.7. The first kappa shape index (κ1) is 15.3. The van der Waals surface area contributed by atoms with Crippen LogP contribution in [0.5, 0.6) is 0 Å². The average Bonchev–Trinajstić information content (AvgIpc) is 3.03. The third-order valence-corrected chi connectivity index (χ3v) is 3.98. The van der Waals surface area contributed by atoms with Crippen LogP contribution in [0, 0.1) is 0 Å². The molecule has 3 N–H and O–H groups in total. The minimum atomic E-state index is -0.588. The molecule has 0 bridgehead atoms. The van der Waals surface area contributed by atoms with Gasteiger partial charge in [-0.15, -0.1) is 0 Å². The Balaban J connectivity index is 1.67. The first-order valence-corrected chi connectivity index (χ1v) is 7.75. The number of aliphatic hydroxyl groups is 1. The van der Waals surface area contributed by atoms with E-state index in [9.17, 15) is 9.90 Å². The first-order valence-electron chi connectivity index (χ1n) is 7.75. The smallest absolute Gasteiger partial charge is 0.252 e. The number of hydrogen-bond donors (Lipinski definition) is 3. The van der Waals surface area contributed by atoms with Gasteiger partial charge in [0.05, 0.1) is 6.10 Å². The Morgan fingerprint density at radius 2 is 1.91 bits per heavy atom. The van der Waals surface area contributed by atoms with Crippen LogP contribution in [0.15, 0.2) is 60.8 Å². The van der Waals surface area contributed by atoms with Gasteiger partial charge in [0.25, 0.3) is 5.91 Å². The van der Waals surface area contributed by atoms with Gasteiger partial charge in [0, 0.05) is 28.7 Å². The summed E-state index contributed by atoms with van der Waals surface area (Å²) >= 11 is 0. The molecule has 0 fully saturated rings. The largest absolute Gasteiger partial charge is 0.388 e. The Morgan fingerprint density at radius 3 is 2.70 bits per heavy atom. The first-order chi connectivity index (χ1) is 11.1. The number of aromatic nitrogens is 1. The number of aliphatic hydroxyl groups excluding tert-OH is 1. The molecule has 1 heterocycles. The van der Waals surface area contributed by atoms with Crippen molar-refractivity contribution in [3.63, 3.8) is 0 Å². The predicted molar refractivity (Wildman–Crippen MR) is 91.2 cm³/mol. The van der Waals surface area contributed by atoms with Gasteiger partial charge in [0.1, 0.15) is 0 Å². The lowest BCUT2D eigenvalue weighted by atomic mass is 10.0. The van der Waals surface area contributed by atoms with Gasteiger partial charge in [0.15, 0.2) is 0 Å². The van der Waals surface area contributed by atoms with E-state index in [0.29, 0.717) is 12.0 Å². The number of fused-ring (bicyclic) bond motifs is 1.